The fraction of sp³-hybridized carbons (Fsp3) is 0.300. The van der Waals surface area contributed by atoms with Crippen LogP contribution in [-0.2, 0) is 12.8 Å². The molecule has 74 valence electrons. The van der Waals surface area contributed by atoms with Crippen molar-refractivity contribution in [1.82, 2.24) is 0 Å². The SMILES string of the molecule is N#CCc1cccc(CC(F)(F)F)c1. The lowest BCUT2D eigenvalue weighted by atomic mass is 10.1. The molecule has 0 aliphatic rings. The molecule has 0 unspecified atom stereocenters. The summed E-state index contributed by atoms with van der Waals surface area (Å²) in [6, 6.07) is 7.89. The molecule has 0 aromatic heterocycles. The van der Waals surface area contributed by atoms with Gasteiger partial charge in [-0.3, -0.25) is 0 Å². The average molecular weight is 199 g/mol. The lowest BCUT2D eigenvalue weighted by molar-refractivity contribution is -0.127. The summed E-state index contributed by atoms with van der Waals surface area (Å²) < 4.78 is 36.0. The fourth-order valence-corrected chi connectivity index (χ4v) is 1.17. The Bertz CT molecular complexity index is 349. The van der Waals surface area contributed by atoms with Crippen molar-refractivity contribution >= 4 is 0 Å². The average Bonchev–Trinajstić information content (AvgIpc) is 2.02. The zero-order valence-corrected chi connectivity index (χ0v) is 7.30. The van der Waals surface area contributed by atoms with Crippen LogP contribution in [0.2, 0.25) is 0 Å². The molecule has 1 rings (SSSR count). The van der Waals surface area contributed by atoms with E-state index >= 15 is 0 Å². The van der Waals surface area contributed by atoms with E-state index in [0.717, 1.165) is 0 Å². The van der Waals surface area contributed by atoms with Gasteiger partial charge >= 0.3 is 6.18 Å². The Labute approximate surface area is 79.8 Å². The molecule has 0 radical (unpaired) electrons. The summed E-state index contributed by atoms with van der Waals surface area (Å²) in [6.45, 7) is 0. The monoisotopic (exact) mass is 199 g/mol. The molecule has 0 atom stereocenters. The summed E-state index contributed by atoms with van der Waals surface area (Å²) in [4.78, 5) is 0. The Morgan fingerprint density at radius 3 is 2.43 bits per heavy atom. The van der Waals surface area contributed by atoms with Crippen molar-refractivity contribution < 1.29 is 13.2 Å². The smallest absolute Gasteiger partial charge is 0.198 e. The highest BCUT2D eigenvalue weighted by atomic mass is 19.4. The molecule has 1 aromatic rings. The highest BCUT2D eigenvalue weighted by molar-refractivity contribution is 5.26. The lowest BCUT2D eigenvalue weighted by Gasteiger charge is -2.06. The van der Waals surface area contributed by atoms with Crippen molar-refractivity contribution in [3.8, 4) is 6.07 Å². The van der Waals surface area contributed by atoms with E-state index in [2.05, 4.69) is 0 Å². The van der Waals surface area contributed by atoms with Crippen LogP contribution in [-0.4, -0.2) is 6.18 Å². The quantitative estimate of drug-likeness (QED) is 0.718. The largest absolute Gasteiger partial charge is 0.393 e. The van der Waals surface area contributed by atoms with Crippen LogP contribution in [0.5, 0.6) is 0 Å². The van der Waals surface area contributed by atoms with E-state index in [-0.39, 0.29) is 12.0 Å². The van der Waals surface area contributed by atoms with Gasteiger partial charge in [-0.05, 0) is 11.1 Å². The maximum absolute atomic E-state index is 12.0. The van der Waals surface area contributed by atoms with E-state index < -0.39 is 12.6 Å². The Hall–Kier alpha value is -1.50. The normalized spacial score (nSPS) is 11.0. The van der Waals surface area contributed by atoms with Gasteiger partial charge in [-0.15, -0.1) is 0 Å². The summed E-state index contributed by atoms with van der Waals surface area (Å²) in [5, 5.41) is 8.37. The van der Waals surface area contributed by atoms with Crippen molar-refractivity contribution in [2.24, 2.45) is 0 Å². The topological polar surface area (TPSA) is 23.8 Å². The van der Waals surface area contributed by atoms with E-state index in [1.807, 2.05) is 6.07 Å². The molecule has 0 spiro atoms. The molecule has 0 bridgehead atoms. The van der Waals surface area contributed by atoms with Crippen molar-refractivity contribution in [3.05, 3.63) is 35.4 Å². The number of halogens is 3. The number of hydrogen-bond donors (Lipinski definition) is 0. The highest BCUT2D eigenvalue weighted by Crippen LogP contribution is 2.21. The Morgan fingerprint density at radius 1 is 1.21 bits per heavy atom. The molecular formula is C10H8F3N. The first-order valence-corrected chi connectivity index (χ1v) is 4.03. The first kappa shape index (κ1) is 10.6. The van der Waals surface area contributed by atoms with Crippen LogP contribution in [0.4, 0.5) is 13.2 Å². The maximum Gasteiger partial charge on any atom is 0.393 e. The van der Waals surface area contributed by atoms with Crippen LogP contribution in [0.25, 0.3) is 0 Å². The number of benzene rings is 1. The van der Waals surface area contributed by atoms with Crippen molar-refractivity contribution in [2.75, 3.05) is 0 Å². The summed E-state index contributed by atoms with van der Waals surface area (Å²) >= 11 is 0. The highest BCUT2D eigenvalue weighted by Gasteiger charge is 2.27. The predicted molar refractivity (Wildman–Crippen MR) is 45.5 cm³/mol. The zero-order valence-electron chi connectivity index (χ0n) is 7.30. The van der Waals surface area contributed by atoms with E-state index in [1.165, 1.54) is 18.2 Å². The van der Waals surface area contributed by atoms with Crippen LogP contribution in [0, 0.1) is 11.3 Å². The van der Waals surface area contributed by atoms with Gasteiger partial charge in [0.2, 0.25) is 0 Å². The Morgan fingerprint density at radius 2 is 1.86 bits per heavy atom. The molecule has 0 aliphatic carbocycles. The summed E-state index contributed by atoms with van der Waals surface area (Å²) in [6.07, 6.45) is -4.98. The van der Waals surface area contributed by atoms with E-state index in [1.54, 1.807) is 6.07 Å². The van der Waals surface area contributed by atoms with E-state index in [0.29, 0.717) is 5.56 Å². The number of hydrogen-bond acceptors (Lipinski definition) is 1. The van der Waals surface area contributed by atoms with Gasteiger partial charge < -0.3 is 0 Å². The third kappa shape index (κ3) is 3.48. The van der Waals surface area contributed by atoms with Gasteiger partial charge in [-0.25, -0.2) is 0 Å². The predicted octanol–water partition coefficient (Wildman–Crippen LogP) is 2.86. The second-order valence-corrected chi connectivity index (χ2v) is 2.95. The van der Waals surface area contributed by atoms with Gasteiger partial charge in [-0.2, -0.15) is 18.4 Å². The number of rotatable bonds is 2. The third-order valence-corrected chi connectivity index (χ3v) is 1.68. The minimum absolute atomic E-state index is 0.145. The summed E-state index contributed by atoms with van der Waals surface area (Å²) in [5.74, 6) is 0. The summed E-state index contributed by atoms with van der Waals surface area (Å²) in [5.41, 5.74) is 0.819. The van der Waals surface area contributed by atoms with Crippen molar-refractivity contribution in [3.63, 3.8) is 0 Å². The molecule has 0 saturated carbocycles. The first-order valence-electron chi connectivity index (χ1n) is 4.03. The van der Waals surface area contributed by atoms with Gasteiger partial charge in [0.1, 0.15) is 0 Å². The zero-order chi connectivity index (χ0) is 10.6. The number of nitriles is 1. The summed E-state index contributed by atoms with van der Waals surface area (Å²) in [7, 11) is 0. The molecule has 1 aromatic carbocycles. The molecule has 1 nitrogen and oxygen atoms in total. The van der Waals surface area contributed by atoms with Crippen LogP contribution in [0.1, 0.15) is 11.1 Å². The number of nitrogens with zero attached hydrogens (tertiary/aromatic N) is 1. The minimum Gasteiger partial charge on any atom is -0.198 e. The molecule has 0 fully saturated rings. The van der Waals surface area contributed by atoms with Gasteiger partial charge in [0, 0.05) is 0 Å². The minimum atomic E-state index is -4.19. The molecule has 0 heterocycles. The second-order valence-electron chi connectivity index (χ2n) is 2.95. The van der Waals surface area contributed by atoms with Gasteiger partial charge in [0.25, 0.3) is 0 Å². The van der Waals surface area contributed by atoms with Crippen LogP contribution in [0.3, 0.4) is 0 Å². The number of alkyl halides is 3. The second kappa shape index (κ2) is 4.14. The first-order chi connectivity index (χ1) is 6.51. The standard InChI is InChI=1S/C10H8F3N/c11-10(12,13)7-9-3-1-2-8(6-9)4-5-14/h1-3,6H,4,7H2. The van der Waals surface area contributed by atoms with Crippen LogP contribution in [0.15, 0.2) is 24.3 Å². The molecular weight excluding hydrogens is 191 g/mol. The molecule has 0 amide bonds. The third-order valence-electron chi connectivity index (χ3n) is 1.68. The fourth-order valence-electron chi connectivity index (χ4n) is 1.17. The molecule has 0 saturated heterocycles. The van der Waals surface area contributed by atoms with Crippen LogP contribution >= 0.6 is 0 Å². The lowest BCUT2D eigenvalue weighted by Crippen LogP contribution is -2.11. The van der Waals surface area contributed by atoms with Gasteiger partial charge in [0.15, 0.2) is 0 Å². The Kier molecular flexibility index (Phi) is 3.13. The van der Waals surface area contributed by atoms with Gasteiger partial charge in [-0.1, -0.05) is 24.3 Å². The molecule has 0 aliphatic heterocycles. The van der Waals surface area contributed by atoms with Crippen LogP contribution < -0.4 is 0 Å². The Balaban J connectivity index is 2.79. The van der Waals surface area contributed by atoms with Gasteiger partial charge in [0.05, 0.1) is 18.9 Å². The molecule has 14 heavy (non-hydrogen) atoms. The van der Waals surface area contributed by atoms with Crippen molar-refractivity contribution in [2.45, 2.75) is 19.0 Å². The molecule has 0 N–H and O–H groups in total. The molecule has 4 heteroatoms. The maximum atomic E-state index is 12.0. The van der Waals surface area contributed by atoms with Crippen molar-refractivity contribution in [1.29, 1.82) is 5.26 Å². The van der Waals surface area contributed by atoms with E-state index in [9.17, 15) is 13.2 Å². The van der Waals surface area contributed by atoms with E-state index in [4.69, 9.17) is 5.26 Å².